The lowest BCUT2D eigenvalue weighted by molar-refractivity contribution is 0.601. The Morgan fingerprint density at radius 3 is 2.35 bits per heavy atom. The van der Waals surface area contributed by atoms with Crippen LogP contribution >= 0.6 is 27.3 Å². The normalized spacial score (nSPS) is 11.4. The summed E-state index contributed by atoms with van der Waals surface area (Å²) in [7, 11) is -3.63. The molecule has 1 heterocycles. The molecule has 0 unspecified atom stereocenters. The summed E-state index contributed by atoms with van der Waals surface area (Å²) in [6, 6.07) is 14.4. The first-order valence-electron chi connectivity index (χ1n) is 6.75. The summed E-state index contributed by atoms with van der Waals surface area (Å²) in [6.07, 6.45) is 0. The quantitative estimate of drug-likeness (QED) is 0.681. The van der Waals surface area contributed by atoms with Crippen molar-refractivity contribution in [3.8, 4) is 11.3 Å². The van der Waals surface area contributed by atoms with Gasteiger partial charge in [-0.15, -0.1) is 11.3 Å². The molecule has 2 aromatic carbocycles. The van der Waals surface area contributed by atoms with Gasteiger partial charge < -0.3 is 0 Å². The van der Waals surface area contributed by atoms with Gasteiger partial charge in [0, 0.05) is 15.4 Å². The number of thiazole rings is 1. The van der Waals surface area contributed by atoms with Gasteiger partial charge in [0.15, 0.2) is 5.13 Å². The molecule has 0 saturated heterocycles. The average molecular weight is 409 g/mol. The highest BCUT2D eigenvalue weighted by Crippen LogP contribution is 2.27. The molecule has 0 aliphatic heterocycles. The van der Waals surface area contributed by atoms with Crippen molar-refractivity contribution in [2.75, 3.05) is 4.72 Å². The van der Waals surface area contributed by atoms with E-state index in [2.05, 4.69) is 25.6 Å². The highest BCUT2D eigenvalue weighted by Gasteiger charge is 2.16. The molecule has 0 radical (unpaired) electrons. The van der Waals surface area contributed by atoms with Crippen molar-refractivity contribution in [3.63, 3.8) is 0 Å². The van der Waals surface area contributed by atoms with E-state index in [4.69, 9.17) is 0 Å². The summed E-state index contributed by atoms with van der Waals surface area (Å²) in [5.41, 5.74) is 2.88. The van der Waals surface area contributed by atoms with Gasteiger partial charge in [-0.1, -0.05) is 45.8 Å². The molecule has 7 heteroatoms. The SMILES string of the molecule is Cc1ccc(-c2csc(NS(=O)(=O)c3ccc(Br)cc3)n2)cc1. The van der Waals surface area contributed by atoms with Gasteiger partial charge in [0.05, 0.1) is 10.6 Å². The summed E-state index contributed by atoms with van der Waals surface area (Å²) in [6.45, 7) is 2.02. The minimum atomic E-state index is -3.63. The van der Waals surface area contributed by atoms with E-state index < -0.39 is 10.0 Å². The largest absolute Gasteiger partial charge is 0.263 e. The van der Waals surface area contributed by atoms with Crippen LogP contribution in [0.3, 0.4) is 0 Å². The molecule has 0 atom stereocenters. The van der Waals surface area contributed by atoms with Gasteiger partial charge in [0.2, 0.25) is 0 Å². The highest BCUT2D eigenvalue weighted by atomic mass is 79.9. The summed E-state index contributed by atoms with van der Waals surface area (Å²) < 4.78 is 28.0. The van der Waals surface area contributed by atoms with Crippen LogP contribution in [0.4, 0.5) is 5.13 Å². The summed E-state index contributed by atoms with van der Waals surface area (Å²) in [5, 5.41) is 2.19. The van der Waals surface area contributed by atoms with Gasteiger partial charge >= 0.3 is 0 Å². The second-order valence-electron chi connectivity index (χ2n) is 4.96. The lowest BCUT2D eigenvalue weighted by Gasteiger charge is -2.05. The van der Waals surface area contributed by atoms with Crippen LogP contribution in [-0.4, -0.2) is 13.4 Å². The number of nitrogens with one attached hydrogen (secondary N) is 1. The number of benzene rings is 2. The molecule has 118 valence electrons. The Morgan fingerprint density at radius 2 is 1.70 bits per heavy atom. The highest BCUT2D eigenvalue weighted by molar-refractivity contribution is 9.10. The van der Waals surface area contributed by atoms with Crippen LogP contribution in [0.5, 0.6) is 0 Å². The average Bonchev–Trinajstić information content (AvgIpc) is 2.96. The van der Waals surface area contributed by atoms with Crippen LogP contribution in [0.2, 0.25) is 0 Å². The third-order valence-corrected chi connectivity index (χ3v) is 5.97. The standard InChI is InChI=1S/C16H13BrN2O2S2/c1-11-2-4-12(5-3-11)15-10-22-16(18-15)19-23(20,21)14-8-6-13(17)7-9-14/h2-10H,1H3,(H,18,19). The predicted molar refractivity (Wildman–Crippen MR) is 97.2 cm³/mol. The Bertz CT molecular complexity index is 917. The number of halogens is 1. The second kappa shape index (κ2) is 6.43. The number of nitrogens with zero attached hydrogens (tertiary/aromatic N) is 1. The van der Waals surface area contributed by atoms with E-state index in [1.54, 1.807) is 24.3 Å². The fraction of sp³-hybridized carbons (Fsp3) is 0.0625. The second-order valence-corrected chi connectivity index (χ2v) is 8.42. The van der Waals surface area contributed by atoms with E-state index >= 15 is 0 Å². The molecular weight excluding hydrogens is 396 g/mol. The van der Waals surface area contributed by atoms with Gasteiger partial charge in [0.25, 0.3) is 10.0 Å². The van der Waals surface area contributed by atoms with Gasteiger partial charge in [0.1, 0.15) is 0 Å². The van der Waals surface area contributed by atoms with E-state index in [9.17, 15) is 8.42 Å². The summed E-state index contributed by atoms with van der Waals surface area (Å²) >= 11 is 4.55. The number of anilines is 1. The zero-order chi connectivity index (χ0) is 16.4. The molecule has 23 heavy (non-hydrogen) atoms. The molecule has 4 nitrogen and oxygen atoms in total. The van der Waals surface area contributed by atoms with Crippen LogP contribution in [0.1, 0.15) is 5.56 Å². The lowest BCUT2D eigenvalue weighted by Crippen LogP contribution is -2.12. The molecule has 0 fully saturated rings. The number of aromatic nitrogens is 1. The third kappa shape index (κ3) is 3.80. The zero-order valence-electron chi connectivity index (χ0n) is 12.2. The fourth-order valence-corrected chi connectivity index (χ4v) is 4.20. The number of sulfonamides is 1. The molecule has 0 spiro atoms. The molecule has 3 aromatic rings. The smallest absolute Gasteiger partial charge is 0.255 e. The number of hydrogen-bond acceptors (Lipinski definition) is 4. The van der Waals surface area contributed by atoms with Gasteiger partial charge in [-0.05, 0) is 31.2 Å². The lowest BCUT2D eigenvalue weighted by atomic mass is 10.1. The van der Waals surface area contributed by atoms with Crippen LogP contribution in [0, 0.1) is 6.92 Å². The molecule has 1 N–H and O–H groups in total. The number of rotatable bonds is 4. The van der Waals surface area contributed by atoms with Crippen molar-refractivity contribution < 1.29 is 8.42 Å². The van der Waals surface area contributed by atoms with E-state index in [1.807, 2.05) is 36.6 Å². The van der Waals surface area contributed by atoms with Gasteiger partial charge in [-0.25, -0.2) is 13.4 Å². The molecule has 0 bridgehead atoms. The van der Waals surface area contributed by atoms with E-state index in [1.165, 1.54) is 16.9 Å². The minimum absolute atomic E-state index is 0.202. The molecule has 0 amide bonds. The predicted octanol–water partition coefficient (Wildman–Crippen LogP) is 4.68. The van der Waals surface area contributed by atoms with Crippen LogP contribution < -0.4 is 4.72 Å². The molecule has 0 aliphatic rings. The van der Waals surface area contributed by atoms with E-state index in [0.29, 0.717) is 5.13 Å². The summed E-state index contributed by atoms with van der Waals surface area (Å²) in [5.74, 6) is 0. The van der Waals surface area contributed by atoms with Crippen molar-refractivity contribution >= 4 is 42.4 Å². The van der Waals surface area contributed by atoms with Gasteiger partial charge in [-0.3, -0.25) is 4.72 Å². The van der Waals surface area contributed by atoms with E-state index in [0.717, 1.165) is 15.7 Å². The first-order valence-corrected chi connectivity index (χ1v) is 9.90. The zero-order valence-corrected chi connectivity index (χ0v) is 15.4. The molecular formula is C16H13BrN2O2S2. The number of hydrogen-bond donors (Lipinski definition) is 1. The third-order valence-electron chi connectivity index (χ3n) is 3.20. The maximum atomic E-state index is 12.3. The van der Waals surface area contributed by atoms with Crippen molar-refractivity contribution in [3.05, 3.63) is 63.9 Å². The van der Waals surface area contributed by atoms with Gasteiger partial charge in [-0.2, -0.15) is 0 Å². The van der Waals surface area contributed by atoms with Crippen molar-refractivity contribution in [1.82, 2.24) is 4.98 Å². The van der Waals surface area contributed by atoms with Crippen LogP contribution in [-0.2, 0) is 10.0 Å². The first-order chi connectivity index (χ1) is 10.9. The Balaban J connectivity index is 1.83. The number of aryl methyl sites for hydroxylation is 1. The fourth-order valence-electron chi connectivity index (χ4n) is 1.97. The topological polar surface area (TPSA) is 59.1 Å². The van der Waals surface area contributed by atoms with Crippen molar-refractivity contribution in [2.24, 2.45) is 0 Å². The van der Waals surface area contributed by atoms with Crippen LogP contribution in [0.15, 0.2) is 63.3 Å². The van der Waals surface area contributed by atoms with Crippen molar-refractivity contribution in [1.29, 1.82) is 0 Å². The maximum Gasteiger partial charge on any atom is 0.263 e. The van der Waals surface area contributed by atoms with E-state index in [-0.39, 0.29) is 4.90 Å². The Labute approximate surface area is 147 Å². The minimum Gasteiger partial charge on any atom is -0.255 e. The molecule has 1 aromatic heterocycles. The Kier molecular flexibility index (Phi) is 4.52. The summed E-state index contributed by atoms with van der Waals surface area (Å²) in [4.78, 5) is 4.56. The van der Waals surface area contributed by atoms with Crippen LogP contribution in [0.25, 0.3) is 11.3 Å². The maximum absolute atomic E-state index is 12.3. The Hall–Kier alpha value is -1.70. The molecule has 0 saturated carbocycles. The Morgan fingerprint density at radius 1 is 1.04 bits per heavy atom. The monoisotopic (exact) mass is 408 g/mol. The molecule has 3 rings (SSSR count). The van der Waals surface area contributed by atoms with Crippen molar-refractivity contribution in [2.45, 2.75) is 11.8 Å². The first kappa shape index (κ1) is 16.2. The molecule has 0 aliphatic carbocycles.